The van der Waals surface area contributed by atoms with Gasteiger partial charge in [0, 0.05) is 11.8 Å². The minimum Gasteiger partial charge on any atom is -0.504 e. The molecule has 3 rings (SSSR count). The number of carbonyl (C=O) groups is 1. The van der Waals surface area contributed by atoms with Gasteiger partial charge in [0.15, 0.2) is 17.1 Å². The van der Waals surface area contributed by atoms with Crippen molar-refractivity contribution in [2.75, 3.05) is 0 Å². The first-order valence-corrected chi connectivity index (χ1v) is 6.57. The van der Waals surface area contributed by atoms with Crippen LogP contribution in [0.1, 0.15) is 0 Å². The van der Waals surface area contributed by atoms with Gasteiger partial charge in [0.2, 0.25) is 0 Å². The van der Waals surface area contributed by atoms with Crippen molar-refractivity contribution in [1.82, 2.24) is 14.5 Å². The van der Waals surface area contributed by atoms with Gasteiger partial charge in [0.1, 0.15) is 17.8 Å². The SMILES string of the molecule is O=C(O)Cn1c(=O)c(-c2ccc(O)c(O)c2)nc2cccnc21. The minimum absolute atomic E-state index is 0.0398. The summed E-state index contributed by atoms with van der Waals surface area (Å²) in [6.45, 7) is -0.564. The quantitative estimate of drug-likeness (QED) is 0.615. The Bertz CT molecular complexity index is 980. The number of phenolic OH excluding ortho intramolecular Hbond substituents is 2. The van der Waals surface area contributed by atoms with Crippen LogP contribution in [0, 0.1) is 0 Å². The number of aromatic nitrogens is 3. The van der Waals surface area contributed by atoms with Crippen molar-refractivity contribution < 1.29 is 20.1 Å². The van der Waals surface area contributed by atoms with Crippen LogP contribution in [0.4, 0.5) is 0 Å². The molecule has 0 amide bonds. The Kier molecular flexibility index (Phi) is 3.41. The normalized spacial score (nSPS) is 10.8. The Morgan fingerprint density at radius 1 is 1.17 bits per heavy atom. The van der Waals surface area contributed by atoms with Gasteiger partial charge in [-0.15, -0.1) is 0 Å². The fraction of sp³-hybridized carbons (Fsp3) is 0.0667. The van der Waals surface area contributed by atoms with Crippen LogP contribution in [-0.2, 0) is 11.3 Å². The highest BCUT2D eigenvalue weighted by Gasteiger charge is 2.16. The van der Waals surface area contributed by atoms with E-state index in [1.54, 1.807) is 12.1 Å². The largest absolute Gasteiger partial charge is 0.504 e. The highest BCUT2D eigenvalue weighted by Crippen LogP contribution is 2.28. The van der Waals surface area contributed by atoms with E-state index in [1.165, 1.54) is 24.4 Å². The fourth-order valence-corrected chi connectivity index (χ4v) is 2.22. The van der Waals surface area contributed by atoms with Gasteiger partial charge in [-0.3, -0.25) is 14.2 Å². The maximum Gasteiger partial charge on any atom is 0.323 e. The summed E-state index contributed by atoms with van der Waals surface area (Å²) in [6.07, 6.45) is 1.44. The highest BCUT2D eigenvalue weighted by molar-refractivity contribution is 5.77. The molecule has 0 fully saturated rings. The molecule has 0 saturated carbocycles. The van der Waals surface area contributed by atoms with Crippen molar-refractivity contribution >= 4 is 17.1 Å². The molecule has 0 aliphatic carbocycles. The Morgan fingerprint density at radius 2 is 1.96 bits per heavy atom. The molecule has 2 heterocycles. The number of aliphatic carboxylic acids is 1. The van der Waals surface area contributed by atoms with Crippen molar-refractivity contribution in [3.63, 3.8) is 0 Å². The summed E-state index contributed by atoms with van der Waals surface area (Å²) < 4.78 is 1.00. The molecule has 2 aromatic heterocycles. The van der Waals surface area contributed by atoms with Gasteiger partial charge in [-0.2, -0.15) is 0 Å². The van der Waals surface area contributed by atoms with E-state index < -0.39 is 23.8 Å². The lowest BCUT2D eigenvalue weighted by molar-refractivity contribution is -0.137. The topological polar surface area (TPSA) is 126 Å². The second kappa shape index (κ2) is 5.41. The van der Waals surface area contributed by atoms with Crippen LogP contribution >= 0.6 is 0 Å². The number of phenols is 2. The smallest absolute Gasteiger partial charge is 0.323 e. The summed E-state index contributed by atoms with van der Waals surface area (Å²) in [4.78, 5) is 31.8. The molecule has 0 radical (unpaired) electrons. The lowest BCUT2D eigenvalue weighted by Gasteiger charge is -2.10. The van der Waals surface area contributed by atoms with E-state index in [9.17, 15) is 19.8 Å². The summed E-state index contributed by atoms with van der Waals surface area (Å²) in [5.74, 6) is -1.92. The van der Waals surface area contributed by atoms with E-state index in [0.717, 1.165) is 4.57 Å². The number of fused-ring (bicyclic) bond motifs is 1. The lowest BCUT2D eigenvalue weighted by atomic mass is 10.1. The minimum atomic E-state index is -1.19. The van der Waals surface area contributed by atoms with Gasteiger partial charge in [0.05, 0.1) is 0 Å². The number of aromatic hydroxyl groups is 2. The van der Waals surface area contributed by atoms with Crippen LogP contribution in [0.3, 0.4) is 0 Å². The molecule has 8 nitrogen and oxygen atoms in total. The summed E-state index contributed by atoms with van der Waals surface area (Å²) in [5, 5.41) is 28.0. The maximum absolute atomic E-state index is 12.6. The predicted octanol–water partition coefficient (Wildman–Crippen LogP) is 0.954. The Labute approximate surface area is 128 Å². The average Bonchev–Trinajstić information content (AvgIpc) is 2.52. The van der Waals surface area contributed by atoms with Crippen LogP contribution in [0.2, 0.25) is 0 Å². The first kappa shape index (κ1) is 14.5. The molecule has 0 spiro atoms. The number of pyridine rings is 1. The molecule has 0 aliphatic rings. The zero-order valence-electron chi connectivity index (χ0n) is 11.7. The second-order valence-electron chi connectivity index (χ2n) is 4.80. The van der Waals surface area contributed by atoms with E-state index >= 15 is 0 Å². The third kappa shape index (κ3) is 2.57. The van der Waals surface area contributed by atoms with Gasteiger partial charge < -0.3 is 15.3 Å². The highest BCUT2D eigenvalue weighted by atomic mass is 16.4. The van der Waals surface area contributed by atoms with Gasteiger partial charge in [0.25, 0.3) is 5.56 Å². The van der Waals surface area contributed by atoms with Crippen LogP contribution in [-0.4, -0.2) is 35.8 Å². The zero-order chi connectivity index (χ0) is 16.6. The fourth-order valence-electron chi connectivity index (χ4n) is 2.22. The third-order valence-corrected chi connectivity index (χ3v) is 3.24. The van der Waals surface area contributed by atoms with Crippen molar-refractivity contribution in [2.45, 2.75) is 6.54 Å². The molecule has 0 atom stereocenters. The average molecular weight is 313 g/mol. The first-order chi connectivity index (χ1) is 11.0. The number of carboxylic acids is 1. The molecule has 23 heavy (non-hydrogen) atoms. The van der Waals surface area contributed by atoms with Gasteiger partial charge >= 0.3 is 5.97 Å². The molecule has 0 saturated heterocycles. The number of carboxylic acid groups (broad SMARTS) is 1. The number of hydrogen-bond acceptors (Lipinski definition) is 6. The Morgan fingerprint density at radius 3 is 2.65 bits per heavy atom. The maximum atomic E-state index is 12.6. The van der Waals surface area contributed by atoms with Crippen molar-refractivity contribution in [2.24, 2.45) is 0 Å². The van der Waals surface area contributed by atoms with E-state index in [-0.39, 0.29) is 22.7 Å². The molecule has 0 bridgehead atoms. The Hall–Kier alpha value is -3.42. The summed E-state index contributed by atoms with van der Waals surface area (Å²) in [7, 11) is 0. The summed E-state index contributed by atoms with van der Waals surface area (Å²) >= 11 is 0. The van der Waals surface area contributed by atoms with Crippen LogP contribution in [0.25, 0.3) is 22.4 Å². The number of benzene rings is 1. The second-order valence-corrected chi connectivity index (χ2v) is 4.80. The molecular formula is C15H11N3O5. The molecule has 0 unspecified atom stereocenters. The molecule has 3 N–H and O–H groups in total. The molecule has 0 aliphatic heterocycles. The molecular weight excluding hydrogens is 302 g/mol. The predicted molar refractivity (Wildman–Crippen MR) is 80.2 cm³/mol. The van der Waals surface area contributed by atoms with Crippen LogP contribution in [0.15, 0.2) is 41.3 Å². The van der Waals surface area contributed by atoms with Gasteiger partial charge in [-0.25, -0.2) is 9.97 Å². The number of nitrogens with zero attached hydrogens (tertiary/aromatic N) is 3. The van der Waals surface area contributed by atoms with E-state index in [1.807, 2.05) is 0 Å². The molecule has 116 valence electrons. The van der Waals surface area contributed by atoms with E-state index in [2.05, 4.69) is 9.97 Å². The third-order valence-electron chi connectivity index (χ3n) is 3.24. The van der Waals surface area contributed by atoms with Gasteiger partial charge in [-0.1, -0.05) is 0 Å². The van der Waals surface area contributed by atoms with E-state index in [4.69, 9.17) is 5.11 Å². The first-order valence-electron chi connectivity index (χ1n) is 6.57. The zero-order valence-corrected chi connectivity index (χ0v) is 11.7. The molecule has 8 heteroatoms. The summed E-state index contributed by atoms with van der Waals surface area (Å²) in [6, 6.07) is 7.03. The standard InChI is InChI=1S/C15H11N3O5/c19-10-4-3-8(6-11(10)20)13-15(23)18(7-12(21)22)14-9(17-13)2-1-5-16-14/h1-6,19-20H,7H2,(H,21,22). The monoisotopic (exact) mass is 313 g/mol. The van der Waals surface area contributed by atoms with Crippen molar-refractivity contribution in [3.05, 3.63) is 46.9 Å². The number of hydrogen-bond donors (Lipinski definition) is 3. The van der Waals surface area contributed by atoms with Gasteiger partial charge in [-0.05, 0) is 30.3 Å². The van der Waals surface area contributed by atoms with Crippen LogP contribution < -0.4 is 5.56 Å². The summed E-state index contributed by atoms with van der Waals surface area (Å²) in [5.41, 5.74) is 0.0727. The van der Waals surface area contributed by atoms with Crippen molar-refractivity contribution in [1.29, 1.82) is 0 Å². The lowest BCUT2D eigenvalue weighted by Crippen LogP contribution is -2.27. The molecule has 3 aromatic rings. The number of rotatable bonds is 3. The Balaban J connectivity index is 2.33. The van der Waals surface area contributed by atoms with E-state index in [0.29, 0.717) is 5.52 Å². The molecule has 1 aromatic carbocycles. The van der Waals surface area contributed by atoms with Crippen molar-refractivity contribution in [3.8, 4) is 22.8 Å². The van der Waals surface area contributed by atoms with Crippen LogP contribution in [0.5, 0.6) is 11.5 Å².